The molecular formula is C34H37FN2O3. The van der Waals surface area contributed by atoms with Gasteiger partial charge in [-0.2, -0.15) is 0 Å². The second-order valence-electron chi connectivity index (χ2n) is 10.3. The molecule has 208 valence electrons. The fourth-order valence-electron chi connectivity index (χ4n) is 5.30. The van der Waals surface area contributed by atoms with Crippen LogP contribution in [-0.4, -0.2) is 22.5 Å². The molecule has 1 unspecified atom stereocenters. The summed E-state index contributed by atoms with van der Waals surface area (Å²) in [5.41, 5.74) is 5.32. The Morgan fingerprint density at radius 2 is 1.88 bits per heavy atom. The molecule has 5 nitrogen and oxygen atoms in total. The van der Waals surface area contributed by atoms with Gasteiger partial charge in [0.05, 0.1) is 11.3 Å². The number of nitrogens with zero attached hydrogens (tertiary/aromatic N) is 1. The summed E-state index contributed by atoms with van der Waals surface area (Å²) in [5.74, 6) is -0.757. The van der Waals surface area contributed by atoms with E-state index in [0.29, 0.717) is 30.6 Å². The van der Waals surface area contributed by atoms with Crippen LogP contribution >= 0.6 is 0 Å². The van der Waals surface area contributed by atoms with Crippen LogP contribution in [0.5, 0.6) is 0 Å². The number of esters is 1. The Kier molecular flexibility index (Phi) is 9.54. The van der Waals surface area contributed by atoms with Crippen molar-refractivity contribution in [1.82, 2.24) is 9.88 Å². The summed E-state index contributed by atoms with van der Waals surface area (Å²) in [5, 5.41) is 3.05. The molecule has 0 saturated carbocycles. The minimum atomic E-state index is -0.330. The Bertz CT molecular complexity index is 1420. The molecule has 4 rings (SSSR count). The minimum Gasteiger partial charge on any atom is -0.462 e. The van der Waals surface area contributed by atoms with Gasteiger partial charge in [0.25, 0.3) is 5.91 Å². The lowest BCUT2D eigenvalue weighted by Gasteiger charge is -2.24. The third-order valence-corrected chi connectivity index (χ3v) is 7.08. The number of hydrogen-bond donors (Lipinski definition) is 1. The number of benzene rings is 2. The molecule has 1 fully saturated rings. The van der Waals surface area contributed by atoms with Crippen LogP contribution in [0.25, 0.3) is 22.4 Å². The molecule has 6 heteroatoms. The number of halogens is 1. The number of aromatic nitrogens is 1. The van der Waals surface area contributed by atoms with E-state index >= 15 is 0 Å². The molecule has 2 heterocycles. The predicted molar refractivity (Wildman–Crippen MR) is 158 cm³/mol. The van der Waals surface area contributed by atoms with E-state index in [4.69, 9.17) is 4.74 Å². The molecule has 1 aromatic heterocycles. The average Bonchev–Trinajstić information content (AvgIpc) is 3.30. The summed E-state index contributed by atoms with van der Waals surface area (Å²) in [4.78, 5) is 26.1. The van der Waals surface area contributed by atoms with Crippen molar-refractivity contribution in [2.24, 2.45) is 0 Å². The summed E-state index contributed by atoms with van der Waals surface area (Å²) < 4.78 is 21.8. The van der Waals surface area contributed by atoms with Gasteiger partial charge in [-0.3, -0.25) is 9.59 Å². The lowest BCUT2D eigenvalue weighted by atomic mass is 9.94. The Labute approximate surface area is 236 Å². The first kappa shape index (κ1) is 28.8. The zero-order valence-corrected chi connectivity index (χ0v) is 23.5. The smallest absolute Gasteiger partial charge is 0.306 e. The first-order valence-corrected chi connectivity index (χ1v) is 13.9. The van der Waals surface area contributed by atoms with Gasteiger partial charge in [-0.15, -0.1) is 0 Å². The standard InChI is InChI=1S/C34H37FN2O3/c1-5-7-14-27(6-2)36-34(39)31-30(24-12-9-8-10-13-24)33(25-17-19-26(35)20-18-25)37(32(31)23(3)4)22-21-28-15-11-16-29(38)40-28/h5-10,12-14,17-20,23,28H,2,11,15-16,21-22H2,1,3-4H3,(H,36,39)/b7-5-,27-14+. The van der Waals surface area contributed by atoms with E-state index in [-0.39, 0.29) is 29.7 Å². The van der Waals surface area contributed by atoms with Crippen LogP contribution in [0.15, 0.2) is 91.2 Å². The van der Waals surface area contributed by atoms with Crippen molar-refractivity contribution < 1.29 is 18.7 Å². The third kappa shape index (κ3) is 6.50. The van der Waals surface area contributed by atoms with Crippen molar-refractivity contribution in [2.45, 2.75) is 65.0 Å². The van der Waals surface area contributed by atoms with Gasteiger partial charge in [-0.1, -0.05) is 62.9 Å². The zero-order chi connectivity index (χ0) is 28.6. The van der Waals surface area contributed by atoms with Crippen LogP contribution in [0, 0.1) is 5.82 Å². The lowest BCUT2D eigenvalue weighted by Crippen LogP contribution is -2.26. The van der Waals surface area contributed by atoms with Crippen molar-refractivity contribution in [3.63, 3.8) is 0 Å². The molecule has 0 spiro atoms. The van der Waals surface area contributed by atoms with Gasteiger partial charge in [-0.05, 0) is 73.2 Å². The maximum Gasteiger partial charge on any atom is 0.306 e. The molecule has 40 heavy (non-hydrogen) atoms. The summed E-state index contributed by atoms with van der Waals surface area (Å²) in [7, 11) is 0. The molecule has 1 aliphatic rings. The largest absolute Gasteiger partial charge is 0.462 e. The van der Waals surface area contributed by atoms with E-state index in [0.717, 1.165) is 40.9 Å². The molecular weight excluding hydrogens is 503 g/mol. The maximum absolute atomic E-state index is 14.1. The van der Waals surface area contributed by atoms with E-state index in [1.807, 2.05) is 49.4 Å². The van der Waals surface area contributed by atoms with Crippen LogP contribution in [0.2, 0.25) is 0 Å². The van der Waals surface area contributed by atoms with Gasteiger partial charge in [0.2, 0.25) is 0 Å². The van der Waals surface area contributed by atoms with Gasteiger partial charge in [0.1, 0.15) is 11.9 Å². The van der Waals surface area contributed by atoms with Crippen molar-refractivity contribution >= 4 is 11.9 Å². The molecule has 2 aromatic carbocycles. The van der Waals surface area contributed by atoms with E-state index in [2.05, 4.69) is 30.3 Å². The number of carbonyl (C=O) groups excluding carboxylic acids is 2. The third-order valence-electron chi connectivity index (χ3n) is 7.08. The van der Waals surface area contributed by atoms with E-state index < -0.39 is 0 Å². The number of allylic oxidation sites excluding steroid dienone is 4. The molecule has 1 amide bonds. The van der Waals surface area contributed by atoms with Gasteiger partial charge < -0.3 is 14.6 Å². The van der Waals surface area contributed by atoms with Crippen LogP contribution in [-0.2, 0) is 16.1 Å². The fourth-order valence-corrected chi connectivity index (χ4v) is 5.30. The van der Waals surface area contributed by atoms with Crippen LogP contribution in [0.1, 0.15) is 68.4 Å². The highest BCUT2D eigenvalue weighted by atomic mass is 19.1. The second-order valence-corrected chi connectivity index (χ2v) is 10.3. The second kappa shape index (κ2) is 13.2. The van der Waals surface area contributed by atoms with Crippen LogP contribution in [0.4, 0.5) is 4.39 Å². The SMILES string of the molecule is C=C/C(=C\C=C/C)NC(=O)c1c(-c2ccccc2)c(-c2ccc(F)cc2)n(CCC2CCCC(=O)O2)c1C(C)C. The average molecular weight is 541 g/mol. The highest BCUT2D eigenvalue weighted by Gasteiger charge is 2.31. The molecule has 1 saturated heterocycles. The lowest BCUT2D eigenvalue weighted by molar-refractivity contribution is -0.154. The Balaban J connectivity index is 1.96. The number of hydrogen-bond acceptors (Lipinski definition) is 3. The Morgan fingerprint density at radius 3 is 2.50 bits per heavy atom. The highest BCUT2D eigenvalue weighted by Crippen LogP contribution is 2.42. The number of rotatable bonds is 10. The number of nitrogens with one attached hydrogen (secondary N) is 1. The topological polar surface area (TPSA) is 60.3 Å². The number of amides is 1. The van der Waals surface area contributed by atoms with Crippen molar-refractivity contribution in [3.05, 3.63) is 108 Å². The zero-order valence-electron chi connectivity index (χ0n) is 23.5. The normalized spacial score (nSPS) is 15.9. The van der Waals surface area contributed by atoms with Crippen LogP contribution < -0.4 is 5.32 Å². The Morgan fingerprint density at radius 1 is 1.15 bits per heavy atom. The summed E-state index contributed by atoms with van der Waals surface area (Å²) in [6, 6.07) is 16.2. The maximum atomic E-state index is 14.1. The summed E-state index contributed by atoms with van der Waals surface area (Å²) in [6.45, 7) is 10.4. The van der Waals surface area contributed by atoms with Crippen molar-refractivity contribution in [1.29, 1.82) is 0 Å². The minimum absolute atomic E-state index is 0.0157. The van der Waals surface area contributed by atoms with Crippen molar-refractivity contribution in [2.75, 3.05) is 0 Å². The number of ether oxygens (including phenoxy) is 1. The first-order chi connectivity index (χ1) is 19.3. The van der Waals surface area contributed by atoms with Gasteiger partial charge in [0.15, 0.2) is 0 Å². The van der Waals surface area contributed by atoms with E-state index in [1.54, 1.807) is 24.3 Å². The summed E-state index contributed by atoms with van der Waals surface area (Å²) in [6.07, 6.45) is 9.65. The Hall–Kier alpha value is -4.19. The molecule has 0 radical (unpaired) electrons. The number of cyclic esters (lactones) is 1. The van der Waals surface area contributed by atoms with Gasteiger partial charge >= 0.3 is 5.97 Å². The fraction of sp³-hybridized carbons (Fsp3) is 0.294. The first-order valence-electron chi connectivity index (χ1n) is 13.9. The molecule has 1 atom stereocenters. The van der Waals surface area contributed by atoms with Gasteiger partial charge in [-0.25, -0.2) is 4.39 Å². The highest BCUT2D eigenvalue weighted by molar-refractivity contribution is 6.07. The van der Waals surface area contributed by atoms with Gasteiger partial charge in [0, 0.05) is 36.3 Å². The van der Waals surface area contributed by atoms with Crippen molar-refractivity contribution in [3.8, 4) is 22.4 Å². The molecule has 3 aromatic rings. The molecule has 0 aliphatic carbocycles. The molecule has 1 aliphatic heterocycles. The summed E-state index contributed by atoms with van der Waals surface area (Å²) >= 11 is 0. The van der Waals surface area contributed by atoms with E-state index in [1.165, 1.54) is 12.1 Å². The monoisotopic (exact) mass is 540 g/mol. The van der Waals surface area contributed by atoms with E-state index in [9.17, 15) is 14.0 Å². The molecule has 1 N–H and O–H groups in total. The quantitative estimate of drug-likeness (QED) is 0.210. The molecule has 0 bridgehead atoms. The number of carbonyl (C=O) groups is 2. The predicted octanol–water partition coefficient (Wildman–Crippen LogP) is 7.95. The van der Waals surface area contributed by atoms with Crippen LogP contribution in [0.3, 0.4) is 0 Å².